The average molecular weight is 291 g/mol. The highest BCUT2D eigenvalue weighted by Gasteiger charge is 2.12. The Morgan fingerprint density at radius 3 is 2.33 bits per heavy atom. The second kappa shape index (κ2) is 7.18. The van der Waals surface area contributed by atoms with Gasteiger partial charge in [0.25, 0.3) is 0 Å². The summed E-state index contributed by atoms with van der Waals surface area (Å²) < 4.78 is 31.7. The number of ether oxygens (including phenoxy) is 1. The first kappa shape index (κ1) is 15.4. The van der Waals surface area contributed by atoms with Crippen molar-refractivity contribution in [1.82, 2.24) is 5.32 Å². The van der Waals surface area contributed by atoms with Crippen molar-refractivity contribution in [3.05, 3.63) is 65.2 Å². The molecule has 2 aromatic rings. The van der Waals surface area contributed by atoms with Gasteiger partial charge in [-0.05, 0) is 49.2 Å². The number of hydrogen-bond acceptors (Lipinski definition) is 2. The van der Waals surface area contributed by atoms with E-state index in [9.17, 15) is 8.78 Å². The molecule has 21 heavy (non-hydrogen) atoms. The van der Waals surface area contributed by atoms with Crippen LogP contribution < -0.4 is 10.1 Å². The molecule has 0 saturated heterocycles. The molecule has 0 saturated carbocycles. The molecule has 0 amide bonds. The first-order valence-corrected chi connectivity index (χ1v) is 6.86. The van der Waals surface area contributed by atoms with Crippen LogP contribution in [0.4, 0.5) is 8.78 Å². The monoisotopic (exact) mass is 291 g/mol. The molecule has 2 nitrogen and oxygen atoms in total. The van der Waals surface area contributed by atoms with Crippen LogP contribution in [-0.2, 0) is 12.8 Å². The number of likely N-dealkylation sites (N-methyl/N-ethyl adjacent to an activating group) is 1. The second-order valence-electron chi connectivity index (χ2n) is 4.98. The van der Waals surface area contributed by atoms with Gasteiger partial charge in [-0.3, -0.25) is 0 Å². The lowest BCUT2D eigenvalue weighted by atomic mass is 9.98. The van der Waals surface area contributed by atoms with Gasteiger partial charge in [0, 0.05) is 12.1 Å². The van der Waals surface area contributed by atoms with Gasteiger partial charge in [-0.15, -0.1) is 0 Å². The normalized spacial score (nSPS) is 12.2. The van der Waals surface area contributed by atoms with Gasteiger partial charge in [0.15, 0.2) is 0 Å². The molecule has 0 aromatic heterocycles. The van der Waals surface area contributed by atoms with E-state index in [0.717, 1.165) is 23.8 Å². The first-order valence-electron chi connectivity index (χ1n) is 6.86. The second-order valence-corrected chi connectivity index (χ2v) is 4.98. The minimum atomic E-state index is -0.549. The first-order chi connectivity index (χ1) is 10.1. The van der Waals surface area contributed by atoms with Crippen LogP contribution in [0.2, 0.25) is 0 Å². The van der Waals surface area contributed by atoms with Crippen LogP contribution in [0, 0.1) is 11.6 Å². The highest BCUT2D eigenvalue weighted by atomic mass is 19.1. The molecule has 1 atom stereocenters. The molecule has 0 bridgehead atoms. The van der Waals surface area contributed by atoms with E-state index in [0.29, 0.717) is 12.0 Å². The summed E-state index contributed by atoms with van der Waals surface area (Å²) in [5.41, 5.74) is 1.65. The predicted octanol–water partition coefficient (Wildman–Crippen LogP) is 3.35. The van der Waals surface area contributed by atoms with E-state index in [2.05, 4.69) is 5.32 Å². The Bertz CT molecular complexity index is 584. The molecule has 1 N–H and O–H groups in total. The fourth-order valence-electron chi connectivity index (χ4n) is 2.28. The molecule has 0 fully saturated rings. The molecule has 2 rings (SSSR count). The number of methoxy groups -OCH3 is 1. The van der Waals surface area contributed by atoms with Crippen molar-refractivity contribution < 1.29 is 13.5 Å². The standard InChI is InChI=1S/C17H19F2NO/c1-20-15(9-12-3-7-16(21-2)8-4-12)10-13-5-6-14(18)11-17(13)19/h3-8,11,15,20H,9-10H2,1-2H3. The maximum atomic E-state index is 13.7. The summed E-state index contributed by atoms with van der Waals surface area (Å²) in [6, 6.07) is 11.6. The van der Waals surface area contributed by atoms with E-state index in [4.69, 9.17) is 4.74 Å². The van der Waals surface area contributed by atoms with Crippen molar-refractivity contribution in [1.29, 1.82) is 0 Å². The summed E-state index contributed by atoms with van der Waals surface area (Å²) in [5, 5.41) is 3.18. The van der Waals surface area contributed by atoms with Gasteiger partial charge in [0.1, 0.15) is 17.4 Å². The van der Waals surface area contributed by atoms with Gasteiger partial charge < -0.3 is 10.1 Å². The zero-order valence-corrected chi connectivity index (χ0v) is 12.2. The van der Waals surface area contributed by atoms with Crippen LogP contribution in [0.1, 0.15) is 11.1 Å². The summed E-state index contributed by atoms with van der Waals surface area (Å²) in [6.45, 7) is 0. The third-order valence-corrected chi connectivity index (χ3v) is 3.53. The van der Waals surface area contributed by atoms with Gasteiger partial charge >= 0.3 is 0 Å². The van der Waals surface area contributed by atoms with Gasteiger partial charge in [0.05, 0.1) is 7.11 Å². The Balaban J connectivity index is 2.05. The molecule has 4 heteroatoms. The molecule has 2 aromatic carbocycles. The van der Waals surface area contributed by atoms with Crippen LogP contribution in [0.5, 0.6) is 5.75 Å². The van der Waals surface area contributed by atoms with Gasteiger partial charge in [-0.2, -0.15) is 0 Å². The summed E-state index contributed by atoms with van der Waals surface area (Å²) in [5.74, 6) is -0.235. The van der Waals surface area contributed by atoms with Crippen molar-refractivity contribution in [2.45, 2.75) is 18.9 Å². The molecular formula is C17H19F2NO. The summed E-state index contributed by atoms with van der Waals surface area (Å²) >= 11 is 0. The van der Waals surface area contributed by atoms with Gasteiger partial charge in [0.2, 0.25) is 0 Å². The molecule has 0 heterocycles. The molecule has 1 unspecified atom stereocenters. The molecule has 0 aliphatic rings. The number of hydrogen-bond donors (Lipinski definition) is 1. The maximum Gasteiger partial charge on any atom is 0.129 e. The van der Waals surface area contributed by atoms with Crippen LogP contribution in [0.25, 0.3) is 0 Å². The lowest BCUT2D eigenvalue weighted by Crippen LogP contribution is -2.30. The van der Waals surface area contributed by atoms with Crippen LogP contribution in [0.15, 0.2) is 42.5 Å². The van der Waals surface area contributed by atoms with Crippen molar-refractivity contribution in [2.75, 3.05) is 14.2 Å². The number of nitrogens with one attached hydrogen (secondary N) is 1. The fourth-order valence-corrected chi connectivity index (χ4v) is 2.28. The fraction of sp³-hybridized carbons (Fsp3) is 0.294. The zero-order chi connectivity index (χ0) is 15.2. The Hall–Kier alpha value is -1.94. The highest BCUT2D eigenvalue weighted by Crippen LogP contribution is 2.16. The summed E-state index contributed by atoms with van der Waals surface area (Å²) in [4.78, 5) is 0. The Morgan fingerprint density at radius 1 is 1.05 bits per heavy atom. The molecule has 0 aliphatic heterocycles. The topological polar surface area (TPSA) is 21.3 Å². The number of halogens is 2. The van der Waals surface area contributed by atoms with Crippen LogP contribution in [-0.4, -0.2) is 20.2 Å². The van der Waals surface area contributed by atoms with Crippen molar-refractivity contribution in [3.63, 3.8) is 0 Å². The number of benzene rings is 2. The lowest BCUT2D eigenvalue weighted by Gasteiger charge is -2.17. The van der Waals surface area contributed by atoms with Crippen molar-refractivity contribution >= 4 is 0 Å². The lowest BCUT2D eigenvalue weighted by molar-refractivity contribution is 0.414. The predicted molar refractivity (Wildman–Crippen MR) is 79.6 cm³/mol. The van der Waals surface area contributed by atoms with E-state index in [1.54, 1.807) is 7.11 Å². The number of rotatable bonds is 6. The van der Waals surface area contributed by atoms with E-state index in [-0.39, 0.29) is 6.04 Å². The SMILES string of the molecule is CNC(Cc1ccc(OC)cc1)Cc1ccc(F)cc1F. The third-order valence-electron chi connectivity index (χ3n) is 3.53. The van der Waals surface area contributed by atoms with Crippen LogP contribution >= 0.6 is 0 Å². The smallest absolute Gasteiger partial charge is 0.129 e. The van der Waals surface area contributed by atoms with Crippen molar-refractivity contribution in [2.24, 2.45) is 0 Å². The van der Waals surface area contributed by atoms with Gasteiger partial charge in [-0.1, -0.05) is 18.2 Å². The quantitative estimate of drug-likeness (QED) is 0.881. The molecule has 0 radical (unpaired) electrons. The zero-order valence-electron chi connectivity index (χ0n) is 12.2. The van der Waals surface area contributed by atoms with E-state index < -0.39 is 11.6 Å². The minimum Gasteiger partial charge on any atom is -0.497 e. The molecule has 0 spiro atoms. The largest absolute Gasteiger partial charge is 0.497 e. The third kappa shape index (κ3) is 4.26. The van der Waals surface area contributed by atoms with E-state index in [1.165, 1.54) is 12.1 Å². The van der Waals surface area contributed by atoms with Crippen LogP contribution in [0.3, 0.4) is 0 Å². The highest BCUT2D eigenvalue weighted by molar-refractivity contribution is 5.28. The Kier molecular flexibility index (Phi) is 5.28. The summed E-state index contributed by atoms with van der Waals surface area (Å²) in [6.07, 6.45) is 1.27. The Morgan fingerprint density at radius 2 is 1.76 bits per heavy atom. The van der Waals surface area contributed by atoms with E-state index >= 15 is 0 Å². The van der Waals surface area contributed by atoms with Gasteiger partial charge in [-0.25, -0.2) is 8.78 Å². The van der Waals surface area contributed by atoms with E-state index in [1.807, 2.05) is 31.3 Å². The molecular weight excluding hydrogens is 272 g/mol. The minimum absolute atomic E-state index is 0.0818. The maximum absolute atomic E-state index is 13.7. The Labute approximate surface area is 123 Å². The molecule has 0 aliphatic carbocycles. The van der Waals surface area contributed by atoms with Crippen molar-refractivity contribution in [3.8, 4) is 5.75 Å². The average Bonchev–Trinajstić information content (AvgIpc) is 2.49. The summed E-state index contributed by atoms with van der Waals surface area (Å²) in [7, 11) is 3.47. The molecule has 112 valence electrons.